The van der Waals surface area contributed by atoms with Crippen molar-refractivity contribution in [3.63, 3.8) is 0 Å². The van der Waals surface area contributed by atoms with Crippen molar-refractivity contribution >= 4 is 22.7 Å². The molecule has 5 heteroatoms. The average Bonchev–Trinajstić information content (AvgIpc) is 2.54. The second-order valence-corrected chi connectivity index (χ2v) is 5.71. The summed E-state index contributed by atoms with van der Waals surface area (Å²) >= 11 is 0. The molecule has 3 rings (SSSR count). The van der Waals surface area contributed by atoms with Crippen LogP contribution >= 0.6 is 0 Å². The zero-order chi connectivity index (χ0) is 16.4. The minimum atomic E-state index is -0.108. The Hall–Kier alpha value is -2.66. The summed E-state index contributed by atoms with van der Waals surface area (Å²) in [5.41, 5.74) is 10.1. The summed E-state index contributed by atoms with van der Waals surface area (Å²) < 4.78 is 0. The minimum Gasteiger partial charge on any atom is -0.394 e. The van der Waals surface area contributed by atoms with Crippen molar-refractivity contribution in [3.05, 3.63) is 48.0 Å². The second-order valence-electron chi connectivity index (χ2n) is 5.71. The third-order valence-corrected chi connectivity index (χ3v) is 3.83. The molecule has 0 aliphatic rings. The average molecular weight is 308 g/mol. The van der Waals surface area contributed by atoms with E-state index in [2.05, 4.69) is 40.4 Å². The van der Waals surface area contributed by atoms with E-state index in [0.717, 1.165) is 16.5 Å². The number of nitrogens with zero attached hydrogens (tertiary/aromatic N) is 2. The Morgan fingerprint density at radius 3 is 2.70 bits per heavy atom. The van der Waals surface area contributed by atoms with Crippen LogP contribution in [0.4, 0.5) is 11.8 Å². The molecule has 0 bridgehead atoms. The summed E-state index contributed by atoms with van der Waals surface area (Å²) in [5, 5.41) is 13.3. The Bertz CT molecular complexity index is 848. The molecule has 23 heavy (non-hydrogen) atoms. The van der Waals surface area contributed by atoms with Gasteiger partial charge in [-0.3, -0.25) is 0 Å². The van der Waals surface area contributed by atoms with E-state index < -0.39 is 0 Å². The maximum atomic E-state index is 9.22. The van der Waals surface area contributed by atoms with E-state index in [4.69, 9.17) is 5.73 Å². The van der Waals surface area contributed by atoms with E-state index in [-0.39, 0.29) is 18.6 Å². The molecular formula is C18H20N4O. The van der Waals surface area contributed by atoms with Gasteiger partial charge in [-0.05, 0) is 42.7 Å². The first-order valence-corrected chi connectivity index (χ1v) is 7.59. The van der Waals surface area contributed by atoms with Crippen LogP contribution in [-0.4, -0.2) is 27.7 Å². The predicted molar refractivity (Wildman–Crippen MR) is 94.3 cm³/mol. The SMILES string of the molecule is Cc1ccccc1-c1ccc2c(NC(C)CO)nc(N)nc2c1. The van der Waals surface area contributed by atoms with Crippen LogP contribution in [0.25, 0.3) is 22.0 Å². The summed E-state index contributed by atoms with van der Waals surface area (Å²) in [5.74, 6) is 0.859. The Labute approximate surface area is 135 Å². The normalized spacial score (nSPS) is 12.3. The largest absolute Gasteiger partial charge is 0.394 e. The van der Waals surface area contributed by atoms with Gasteiger partial charge in [-0.15, -0.1) is 0 Å². The van der Waals surface area contributed by atoms with E-state index in [1.54, 1.807) is 0 Å². The van der Waals surface area contributed by atoms with E-state index in [1.807, 2.05) is 31.2 Å². The lowest BCUT2D eigenvalue weighted by Crippen LogP contribution is -2.20. The Morgan fingerprint density at radius 1 is 1.17 bits per heavy atom. The summed E-state index contributed by atoms with van der Waals surface area (Å²) in [4.78, 5) is 8.60. The molecule has 2 aromatic carbocycles. The molecule has 0 saturated carbocycles. The Morgan fingerprint density at radius 2 is 1.96 bits per heavy atom. The molecule has 1 unspecified atom stereocenters. The minimum absolute atomic E-state index is 0.0205. The van der Waals surface area contributed by atoms with Crippen molar-refractivity contribution in [1.29, 1.82) is 0 Å². The zero-order valence-electron chi connectivity index (χ0n) is 13.2. The first kappa shape index (κ1) is 15.2. The first-order valence-electron chi connectivity index (χ1n) is 7.59. The molecular weight excluding hydrogens is 288 g/mol. The fourth-order valence-electron chi connectivity index (χ4n) is 2.60. The summed E-state index contributed by atoms with van der Waals surface area (Å²) in [6.07, 6.45) is 0. The molecule has 0 radical (unpaired) electrons. The van der Waals surface area contributed by atoms with E-state index in [1.165, 1.54) is 11.1 Å². The number of fused-ring (bicyclic) bond motifs is 1. The molecule has 4 N–H and O–H groups in total. The smallest absolute Gasteiger partial charge is 0.222 e. The number of nitrogens with two attached hydrogens (primary N) is 1. The fraction of sp³-hybridized carbons (Fsp3) is 0.222. The van der Waals surface area contributed by atoms with Crippen molar-refractivity contribution in [2.45, 2.75) is 19.9 Å². The number of hydrogen-bond donors (Lipinski definition) is 3. The van der Waals surface area contributed by atoms with Gasteiger partial charge in [-0.25, -0.2) is 4.98 Å². The number of aliphatic hydroxyl groups excluding tert-OH is 1. The number of benzene rings is 2. The van der Waals surface area contributed by atoms with Gasteiger partial charge in [0, 0.05) is 11.4 Å². The first-order chi connectivity index (χ1) is 11.1. The van der Waals surface area contributed by atoms with Gasteiger partial charge in [0.25, 0.3) is 0 Å². The van der Waals surface area contributed by atoms with Gasteiger partial charge in [-0.1, -0.05) is 30.3 Å². The highest BCUT2D eigenvalue weighted by Gasteiger charge is 2.10. The quantitative estimate of drug-likeness (QED) is 0.690. The van der Waals surface area contributed by atoms with Gasteiger partial charge < -0.3 is 16.2 Å². The van der Waals surface area contributed by atoms with E-state index >= 15 is 0 Å². The fourth-order valence-corrected chi connectivity index (χ4v) is 2.60. The Kier molecular flexibility index (Phi) is 4.12. The highest BCUT2D eigenvalue weighted by Crippen LogP contribution is 2.29. The van der Waals surface area contributed by atoms with Crippen LogP contribution in [0.2, 0.25) is 0 Å². The van der Waals surface area contributed by atoms with Crippen molar-refractivity contribution in [3.8, 4) is 11.1 Å². The van der Waals surface area contributed by atoms with E-state index in [0.29, 0.717) is 5.82 Å². The second kappa shape index (κ2) is 6.22. The van der Waals surface area contributed by atoms with Crippen molar-refractivity contribution in [2.24, 2.45) is 0 Å². The Balaban J connectivity index is 2.12. The van der Waals surface area contributed by atoms with Crippen LogP contribution < -0.4 is 11.1 Å². The molecule has 0 spiro atoms. The number of aryl methyl sites for hydroxylation is 1. The lowest BCUT2D eigenvalue weighted by molar-refractivity contribution is 0.281. The number of aliphatic hydroxyl groups is 1. The third kappa shape index (κ3) is 3.10. The number of nitrogens with one attached hydrogen (secondary N) is 1. The van der Waals surface area contributed by atoms with Gasteiger partial charge in [-0.2, -0.15) is 4.98 Å². The van der Waals surface area contributed by atoms with Gasteiger partial charge in [0.1, 0.15) is 5.82 Å². The molecule has 0 fully saturated rings. The van der Waals surface area contributed by atoms with Crippen LogP contribution in [0.1, 0.15) is 12.5 Å². The summed E-state index contributed by atoms with van der Waals surface area (Å²) in [6, 6.07) is 14.2. The number of anilines is 2. The lowest BCUT2D eigenvalue weighted by Gasteiger charge is -2.14. The predicted octanol–water partition coefficient (Wildman–Crippen LogP) is 2.98. The molecule has 1 heterocycles. The summed E-state index contributed by atoms with van der Waals surface area (Å²) in [7, 11) is 0. The number of nitrogen functional groups attached to an aromatic ring is 1. The highest BCUT2D eigenvalue weighted by atomic mass is 16.3. The van der Waals surface area contributed by atoms with Crippen LogP contribution in [-0.2, 0) is 0 Å². The summed E-state index contributed by atoms with van der Waals surface area (Å²) in [6.45, 7) is 3.99. The molecule has 0 aliphatic carbocycles. The van der Waals surface area contributed by atoms with Crippen LogP contribution in [0.15, 0.2) is 42.5 Å². The van der Waals surface area contributed by atoms with Gasteiger partial charge in [0.05, 0.1) is 12.1 Å². The third-order valence-electron chi connectivity index (χ3n) is 3.83. The topological polar surface area (TPSA) is 84.1 Å². The zero-order valence-corrected chi connectivity index (χ0v) is 13.2. The van der Waals surface area contributed by atoms with Gasteiger partial charge in [0.15, 0.2) is 0 Å². The highest BCUT2D eigenvalue weighted by molar-refractivity contribution is 5.93. The molecule has 118 valence electrons. The molecule has 1 atom stereocenters. The van der Waals surface area contributed by atoms with Crippen LogP contribution in [0, 0.1) is 6.92 Å². The molecule has 0 aliphatic heterocycles. The number of aromatic nitrogens is 2. The molecule has 0 amide bonds. The monoisotopic (exact) mass is 308 g/mol. The van der Waals surface area contributed by atoms with Crippen molar-refractivity contribution < 1.29 is 5.11 Å². The lowest BCUT2D eigenvalue weighted by atomic mass is 9.99. The maximum absolute atomic E-state index is 9.22. The molecule has 1 aromatic heterocycles. The van der Waals surface area contributed by atoms with Gasteiger partial charge in [0.2, 0.25) is 5.95 Å². The van der Waals surface area contributed by atoms with Crippen LogP contribution in [0.3, 0.4) is 0 Å². The number of hydrogen-bond acceptors (Lipinski definition) is 5. The van der Waals surface area contributed by atoms with Crippen LogP contribution in [0.5, 0.6) is 0 Å². The van der Waals surface area contributed by atoms with Gasteiger partial charge >= 0.3 is 0 Å². The van der Waals surface area contributed by atoms with E-state index in [9.17, 15) is 5.11 Å². The maximum Gasteiger partial charge on any atom is 0.222 e. The van der Waals surface area contributed by atoms with Crippen molar-refractivity contribution in [1.82, 2.24) is 9.97 Å². The molecule has 3 aromatic rings. The van der Waals surface area contributed by atoms with Crippen molar-refractivity contribution in [2.75, 3.05) is 17.7 Å². The molecule has 0 saturated heterocycles. The standard InChI is InChI=1S/C18H20N4O/c1-11-5-3-4-6-14(11)13-7-8-15-16(9-13)21-18(19)22-17(15)20-12(2)10-23/h3-9,12,23H,10H2,1-2H3,(H3,19,20,21,22). The number of rotatable bonds is 4. The molecule has 5 nitrogen and oxygen atoms in total.